The van der Waals surface area contributed by atoms with E-state index in [1.807, 2.05) is 6.07 Å². The van der Waals surface area contributed by atoms with Gasteiger partial charge in [-0.15, -0.1) is 0 Å². The molecule has 1 atom stereocenters. The molecule has 0 saturated carbocycles. The van der Waals surface area contributed by atoms with Crippen LogP contribution in [0.4, 0.5) is 5.69 Å². The molecule has 1 aromatic heterocycles. The maximum atomic E-state index is 11.9. The molecule has 2 N–H and O–H groups in total. The summed E-state index contributed by atoms with van der Waals surface area (Å²) >= 11 is 0. The summed E-state index contributed by atoms with van der Waals surface area (Å²) in [7, 11) is 0. The van der Waals surface area contributed by atoms with E-state index in [1.165, 1.54) is 0 Å². The zero-order chi connectivity index (χ0) is 14.1. The average molecular weight is 263 g/mol. The van der Waals surface area contributed by atoms with Gasteiger partial charge in [-0.05, 0) is 25.8 Å². The number of nitrogens with one attached hydrogen (secondary N) is 2. The largest absolute Gasteiger partial charge is 0.381 e. The Bertz CT molecular complexity index is 393. The van der Waals surface area contributed by atoms with Crippen LogP contribution in [0.2, 0.25) is 0 Å². The number of nitrogens with zero attached hydrogens (tertiary/aromatic N) is 1. The Morgan fingerprint density at radius 2 is 2.11 bits per heavy atom. The highest BCUT2D eigenvalue weighted by molar-refractivity contribution is 5.94. The van der Waals surface area contributed by atoms with E-state index in [0.717, 1.165) is 37.9 Å². The number of hydrogen-bond donors (Lipinski definition) is 2. The highest BCUT2D eigenvalue weighted by Gasteiger charge is 2.07. The Hall–Kier alpha value is -1.58. The Labute approximate surface area is 116 Å². The van der Waals surface area contributed by atoms with Gasteiger partial charge in [-0.2, -0.15) is 0 Å². The third-order valence-corrected chi connectivity index (χ3v) is 3.09. The van der Waals surface area contributed by atoms with E-state index in [0.29, 0.717) is 11.6 Å². The number of unbranched alkanes of at least 4 members (excludes halogenated alkanes) is 2. The Morgan fingerprint density at radius 1 is 1.32 bits per heavy atom. The van der Waals surface area contributed by atoms with Crippen molar-refractivity contribution in [3.63, 3.8) is 0 Å². The van der Waals surface area contributed by atoms with Crippen molar-refractivity contribution >= 4 is 11.6 Å². The van der Waals surface area contributed by atoms with Crippen molar-refractivity contribution in [2.45, 2.75) is 52.5 Å². The molecule has 4 heteroatoms. The van der Waals surface area contributed by atoms with Crippen LogP contribution in [-0.4, -0.2) is 23.5 Å². The van der Waals surface area contributed by atoms with Crippen molar-refractivity contribution in [1.29, 1.82) is 0 Å². The molecule has 0 aliphatic rings. The molecule has 1 heterocycles. The smallest absolute Gasteiger partial charge is 0.252 e. The second kappa shape index (κ2) is 8.51. The van der Waals surface area contributed by atoms with E-state index in [2.05, 4.69) is 36.4 Å². The third kappa shape index (κ3) is 5.73. The van der Waals surface area contributed by atoms with Crippen LogP contribution in [0.15, 0.2) is 18.5 Å². The second-order valence-corrected chi connectivity index (χ2v) is 4.88. The first-order valence-electron chi connectivity index (χ1n) is 7.17. The molecule has 0 radical (unpaired) electrons. The number of carbonyl (C=O) groups excluding carboxylic acids is 1. The van der Waals surface area contributed by atoms with Crippen LogP contribution < -0.4 is 10.6 Å². The number of anilines is 1. The van der Waals surface area contributed by atoms with Crippen LogP contribution in [0.3, 0.4) is 0 Å². The lowest BCUT2D eigenvalue weighted by Crippen LogP contribution is -2.24. The Morgan fingerprint density at radius 3 is 2.79 bits per heavy atom. The summed E-state index contributed by atoms with van der Waals surface area (Å²) in [4.78, 5) is 16.1. The Kier molecular flexibility index (Phi) is 6.93. The van der Waals surface area contributed by atoms with Crippen molar-refractivity contribution in [3.05, 3.63) is 24.0 Å². The number of rotatable bonds is 8. The first kappa shape index (κ1) is 15.5. The summed E-state index contributed by atoms with van der Waals surface area (Å²) in [6.45, 7) is 7.11. The molecular formula is C15H25N3O. The molecule has 0 fully saturated rings. The molecule has 0 aliphatic carbocycles. The van der Waals surface area contributed by atoms with E-state index in [9.17, 15) is 4.79 Å². The maximum Gasteiger partial charge on any atom is 0.252 e. The van der Waals surface area contributed by atoms with Gasteiger partial charge in [0.15, 0.2) is 0 Å². The van der Waals surface area contributed by atoms with Gasteiger partial charge < -0.3 is 10.6 Å². The van der Waals surface area contributed by atoms with Crippen LogP contribution >= 0.6 is 0 Å². The van der Waals surface area contributed by atoms with Gasteiger partial charge in [0.05, 0.1) is 11.3 Å². The van der Waals surface area contributed by atoms with Gasteiger partial charge in [-0.25, -0.2) is 0 Å². The zero-order valence-corrected chi connectivity index (χ0v) is 12.2. The lowest BCUT2D eigenvalue weighted by molar-refractivity contribution is 0.0952. The van der Waals surface area contributed by atoms with E-state index >= 15 is 0 Å². The van der Waals surface area contributed by atoms with Gasteiger partial charge in [0.25, 0.3) is 5.91 Å². The number of carbonyl (C=O) groups is 1. The molecular weight excluding hydrogens is 238 g/mol. The van der Waals surface area contributed by atoms with Gasteiger partial charge in [-0.1, -0.05) is 26.7 Å². The topological polar surface area (TPSA) is 54.0 Å². The van der Waals surface area contributed by atoms with E-state index in [1.54, 1.807) is 12.4 Å². The molecule has 1 aromatic rings. The minimum atomic E-state index is -0.0450. The minimum Gasteiger partial charge on any atom is -0.381 e. The maximum absolute atomic E-state index is 11.9. The number of pyridine rings is 1. The quantitative estimate of drug-likeness (QED) is 0.708. The third-order valence-electron chi connectivity index (χ3n) is 3.09. The standard InChI is InChI=1S/C15H25N3O/c1-4-6-7-8-17-15(19)13-9-14(11-16-10-13)18-12(3)5-2/h9-12,18H,4-8H2,1-3H3,(H,17,19). The van der Waals surface area contributed by atoms with Crippen molar-refractivity contribution in [2.24, 2.45) is 0 Å². The summed E-state index contributed by atoms with van der Waals surface area (Å²) in [5.74, 6) is -0.0450. The van der Waals surface area contributed by atoms with Crippen molar-refractivity contribution < 1.29 is 4.79 Å². The summed E-state index contributed by atoms with van der Waals surface area (Å²) in [5, 5.41) is 6.24. The van der Waals surface area contributed by atoms with E-state index < -0.39 is 0 Å². The van der Waals surface area contributed by atoms with Crippen LogP contribution in [0.1, 0.15) is 56.8 Å². The van der Waals surface area contributed by atoms with Crippen LogP contribution in [0.25, 0.3) is 0 Å². The van der Waals surface area contributed by atoms with Gasteiger partial charge in [-0.3, -0.25) is 9.78 Å². The molecule has 1 rings (SSSR count). The van der Waals surface area contributed by atoms with Crippen molar-refractivity contribution in [1.82, 2.24) is 10.3 Å². The molecule has 4 nitrogen and oxygen atoms in total. The number of aromatic nitrogens is 1. The number of hydrogen-bond acceptors (Lipinski definition) is 3. The molecule has 1 amide bonds. The van der Waals surface area contributed by atoms with Crippen LogP contribution in [0.5, 0.6) is 0 Å². The zero-order valence-electron chi connectivity index (χ0n) is 12.2. The average Bonchev–Trinajstić information content (AvgIpc) is 2.43. The lowest BCUT2D eigenvalue weighted by atomic mass is 10.2. The minimum absolute atomic E-state index is 0.0450. The van der Waals surface area contributed by atoms with Crippen LogP contribution in [0, 0.1) is 0 Å². The predicted octanol–water partition coefficient (Wildman–Crippen LogP) is 3.21. The van der Waals surface area contributed by atoms with E-state index in [-0.39, 0.29) is 5.91 Å². The molecule has 0 bridgehead atoms. The van der Waals surface area contributed by atoms with Crippen molar-refractivity contribution in [3.8, 4) is 0 Å². The number of amides is 1. The molecule has 19 heavy (non-hydrogen) atoms. The summed E-state index contributed by atoms with van der Waals surface area (Å²) in [6, 6.07) is 2.23. The second-order valence-electron chi connectivity index (χ2n) is 4.88. The first-order valence-corrected chi connectivity index (χ1v) is 7.17. The fraction of sp³-hybridized carbons (Fsp3) is 0.600. The fourth-order valence-electron chi connectivity index (χ4n) is 1.71. The lowest BCUT2D eigenvalue weighted by Gasteiger charge is -2.13. The first-order chi connectivity index (χ1) is 9.17. The molecule has 106 valence electrons. The molecule has 0 aromatic carbocycles. The summed E-state index contributed by atoms with van der Waals surface area (Å²) in [5.41, 5.74) is 1.51. The summed E-state index contributed by atoms with van der Waals surface area (Å²) in [6.07, 6.45) is 7.73. The normalized spacial score (nSPS) is 11.9. The summed E-state index contributed by atoms with van der Waals surface area (Å²) < 4.78 is 0. The highest BCUT2D eigenvalue weighted by atomic mass is 16.1. The molecule has 0 saturated heterocycles. The molecule has 0 aliphatic heterocycles. The fourth-order valence-corrected chi connectivity index (χ4v) is 1.71. The molecule has 1 unspecified atom stereocenters. The van der Waals surface area contributed by atoms with Crippen molar-refractivity contribution in [2.75, 3.05) is 11.9 Å². The van der Waals surface area contributed by atoms with Gasteiger partial charge in [0.1, 0.15) is 0 Å². The van der Waals surface area contributed by atoms with Crippen LogP contribution in [-0.2, 0) is 0 Å². The van der Waals surface area contributed by atoms with Gasteiger partial charge in [0, 0.05) is 25.0 Å². The monoisotopic (exact) mass is 263 g/mol. The van der Waals surface area contributed by atoms with Gasteiger partial charge in [0.2, 0.25) is 0 Å². The predicted molar refractivity (Wildman–Crippen MR) is 79.5 cm³/mol. The Balaban J connectivity index is 2.52. The van der Waals surface area contributed by atoms with Gasteiger partial charge >= 0.3 is 0 Å². The van der Waals surface area contributed by atoms with E-state index in [4.69, 9.17) is 0 Å². The SMILES string of the molecule is CCCCCNC(=O)c1cncc(NC(C)CC)c1. The highest BCUT2D eigenvalue weighted by Crippen LogP contribution is 2.10. The molecule has 0 spiro atoms.